The molecule has 130 valence electrons. The lowest BCUT2D eigenvalue weighted by molar-refractivity contribution is -0.147. The fraction of sp³-hybridized carbons (Fsp3) is 0.944. The molecule has 0 aromatic heterocycles. The molecule has 1 aliphatic heterocycles. The predicted molar refractivity (Wildman–Crippen MR) is 90.0 cm³/mol. The van der Waals surface area contributed by atoms with E-state index in [2.05, 4.69) is 25.9 Å². The third-order valence-corrected chi connectivity index (χ3v) is 4.31. The van der Waals surface area contributed by atoms with E-state index in [1.54, 1.807) is 0 Å². The summed E-state index contributed by atoms with van der Waals surface area (Å²) < 4.78 is 11.1. The van der Waals surface area contributed by atoms with Crippen LogP contribution in [0.5, 0.6) is 0 Å². The molecule has 4 heteroatoms. The van der Waals surface area contributed by atoms with Crippen molar-refractivity contribution in [2.75, 3.05) is 33.9 Å². The second-order valence-corrected chi connectivity index (χ2v) is 6.85. The van der Waals surface area contributed by atoms with Crippen LogP contribution in [0.25, 0.3) is 0 Å². The number of hydrogen-bond acceptors (Lipinski definition) is 4. The summed E-state index contributed by atoms with van der Waals surface area (Å²) in [6.07, 6.45) is 10.0. The van der Waals surface area contributed by atoms with Crippen molar-refractivity contribution >= 4 is 5.97 Å². The van der Waals surface area contributed by atoms with Crippen LogP contribution in [0.15, 0.2) is 0 Å². The van der Waals surface area contributed by atoms with Gasteiger partial charge in [0.1, 0.15) is 6.61 Å². The summed E-state index contributed by atoms with van der Waals surface area (Å²) in [6, 6.07) is 0. The molecule has 4 nitrogen and oxygen atoms in total. The van der Waals surface area contributed by atoms with Crippen LogP contribution >= 0.6 is 0 Å². The van der Waals surface area contributed by atoms with E-state index in [1.165, 1.54) is 25.7 Å². The molecule has 0 bridgehead atoms. The minimum absolute atomic E-state index is 0.0594. The summed E-state index contributed by atoms with van der Waals surface area (Å²) in [4.78, 5) is 13.9. The Labute approximate surface area is 136 Å². The van der Waals surface area contributed by atoms with Gasteiger partial charge in [-0.1, -0.05) is 39.0 Å². The maximum absolute atomic E-state index is 11.7. The first-order valence-corrected chi connectivity index (χ1v) is 9.03. The van der Waals surface area contributed by atoms with E-state index < -0.39 is 0 Å². The third-order valence-electron chi connectivity index (χ3n) is 4.31. The van der Waals surface area contributed by atoms with Gasteiger partial charge in [-0.25, -0.2) is 0 Å². The summed E-state index contributed by atoms with van der Waals surface area (Å²) in [5.41, 5.74) is 0. The van der Waals surface area contributed by atoms with Crippen LogP contribution in [0, 0.1) is 5.92 Å². The maximum atomic E-state index is 11.7. The van der Waals surface area contributed by atoms with Crippen LogP contribution in [0.1, 0.15) is 64.7 Å². The summed E-state index contributed by atoms with van der Waals surface area (Å²) >= 11 is 0. The van der Waals surface area contributed by atoms with Crippen molar-refractivity contribution in [3.63, 3.8) is 0 Å². The average Bonchev–Trinajstić information content (AvgIpc) is 2.94. The van der Waals surface area contributed by atoms with Gasteiger partial charge < -0.3 is 14.4 Å². The molecule has 0 N–H and O–H groups in total. The third kappa shape index (κ3) is 9.42. The van der Waals surface area contributed by atoms with E-state index in [0.29, 0.717) is 18.9 Å². The fourth-order valence-corrected chi connectivity index (χ4v) is 2.85. The number of rotatable bonds is 12. The normalized spacial score (nSPS) is 21.5. The van der Waals surface area contributed by atoms with Gasteiger partial charge in [0.05, 0.1) is 12.7 Å². The average molecular weight is 313 g/mol. The van der Waals surface area contributed by atoms with Gasteiger partial charge in [0, 0.05) is 6.42 Å². The minimum Gasteiger partial charge on any atom is -0.463 e. The molecule has 2 atom stereocenters. The minimum atomic E-state index is -0.0594. The highest BCUT2D eigenvalue weighted by atomic mass is 16.6. The lowest BCUT2D eigenvalue weighted by atomic mass is 10.0. The monoisotopic (exact) mass is 313 g/mol. The van der Waals surface area contributed by atoms with Gasteiger partial charge in [-0.2, -0.15) is 0 Å². The van der Waals surface area contributed by atoms with Crippen molar-refractivity contribution in [2.45, 2.75) is 70.8 Å². The van der Waals surface area contributed by atoms with E-state index >= 15 is 0 Å². The van der Waals surface area contributed by atoms with Crippen molar-refractivity contribution in [1.82, 2.24) is 4.90 Å². The zero-order valence-electron chi connectivity index (χ0n) is 14.8. The Morgan fingerprint density at radius 1 is 1.18 bits per heavy atom. The van der Waals surface area contributed by atoms with Crippen LogP contribution in [0.4, 0.5) is 0 Å². The fourth-order valence-electron chi connectivity index (χ4n) is 2.85. The largest absolute Gasteiger partial charge is 0.463 e. The summed E-state index contributed by atoms with van der Waals surface area (Å²) in [7, 11) is 4.19. The molecule has 0 aliphatic carbocycles. The Morgan fingerprint density at radius 3 is 2.64 bits per heavy atom. The lowest BCUT2D eigenvalue weighted by Gasteiger charge is -2.13. The first-order valence-electron chi connectivity index (χ1n) is 9.03. The first kappa shape index (κ1) is 19.4. The number of esters is 1. The van der Waals surface area contributed by atoms with Crippen molar-refractivity contribution in [3.05, 3.63) is 0 Å². The Bertz CT molecular complexity index is 294. The Kier molecular flexibility index (Phi) is 10.5. The van der Waals surface area contributed by atoms with Gasteiger partial charge in [0.2, 0.25) is 0 Å². The van der Waals surface area contributed by atoms with Gasteiger partial charge in [-0.3, -0.25) is 4.79 Å². The molecule has 22 heavy (non-hydrogen) atoms. The number of ether oxygens (including phenoxy) is 2. The highest BCUT2D eigenvalue weighted by Crippen LogP contribution is 2.23. The van der Waals surface area contributed by atoms with Crippen LogP contribution in [-0.2, 0) is 14.3 Å². The van der Waals surface area contributed by atoms with Gasteiger partial charge in [0.25, 0.3) is 0 Å². The molecule has 0 aromatic rings. The number of unbranched alkanes of at least 4 members (excludes halogenated alkanes) is 5. The number of hydrogen-bond donors (Lipinski definition) is 0. The molecule has 1 heterocycles. The zero-order chi connectivity index (χ0) is 16.2. The van der Waals surface area contributed by atoms with Crippen molar-refractivity contribution in [2.24, 2.45) is 5.92 Å². The summed E-state index contributed by atoms with van der Waals surface area (Å²) in [6.45, 7) is 4.56. The molecule has 1 saturated heterocycles. The molecule has 0 aromatic carbocycles. The lowest BCUT2D eigenvalue weighted by Crippen LogP contribution is -2.19. The summed E-state index contributed by atoms with van der Waals surface area (Å²) in [5.74, 6) is 0.556. The van der Waals surface area contributed by atoms with E-state index in [-0.39, 0.29) is 12.1 Å². The Morgan fingerprint density at radius 2 is 1.91 bits per heavy atom. The molecule has 1 fully saturated rings. The van der Waals surface area contributed by atoms with Gasteiger partial charge >= 0.3 is 5.97 Å². The van der Waals surface area contributed by atoms with Crippen molar-refractivity contribution < 1.29 is 14.3 Å². The van der Waals surface area contributed by atoms with E-state index in [4.69, 9.17) is 9.47 Å². The molecule has 1 aliphatic rings. The standard InChI is InChI=1S/C18H35NO3/c1-4-5-6-7-8-9-10-18(20)22-15-17-13-16(14-21-17)11-12-19(2)3/h16-17H,4-15H2,1-3H3. The van der Waals surface area contributed by atoms with E-state index in [0.717, 1.165) is 38.8 Å². The molecule has 1 rings (SSSR count). The highest BCUT2D eigenvalue weighted by molar-refractivity contribution is 5.69. The molecule has 0 radical (unpaired) electrons. The molecule has 2 unspecified atom stereocenters. The topological polar surface area (TPSA) is 38.8 Å². The molecule has 0 amide bonds. The number of carbonyl (C=O) groups excluding carboxylic acids is 1. The first-order chi connectivity index (χ1) is 10.6. The predicted octanol–water partition coefficient (Wildman–Crippen LogP) is 3.64. The van der Waals surface area contributed by atoms with Crippen LogP contribution in [0.2, 0.25) is 0 Å². The maximum Gasteiger partial charge on any atom is 0.305 e. The quantitative estimate of drug-likeness (QED) is 0.407. The molecule has 0 spiro atoms. The Balaban J connectivity index is 1.98. The number of nitrogens with zero attached hydrogens (tertiary/aromatic N) is 1. The Hall–Kier alpha value is -0.610. The molecular formula is C18H35NO3. The molecule has 0 saturated carbocycles. The summed E-state index contributed by atoms with van der Waals surface area (Å²) in [5, 5.41) is 0. The second kappa shape index (κ2) is 11.9. The van der Waals surface area contributed by atoms with Gasteiger partial charge in [0.15, 0.2) is 0 Å². The van der Waals surface area contributed by atoms with E-state index in [9.17, 15) is 4.79 Å². The van der Waals surface area contributed by atoms with E-state index in [1.807, 2.05) is 0 Å². The number of carbonyl (C=O) groups is 1. The van der Waals surface area contributed by atoms with Crippen molar-refractivity contribution in [3.8, 4) is 0 Å². The van der Waals surface area contributed by atoms with Gasteiger partial charge in [-0.05, 0) is 45.8 Å². The highest BCUT2D eigenvalue weighted by Gasteiger charge is 2.26. The van der Waals surface area contributed by atoms with Crippen LogP contribution in [0.3, 0.4) is 0 Å². The van der Waals surface area contributed by atoms with Gasteiger partial charge in [-0.15, -0.1) is 0 Å². The zero-order valence-corrected chi connectivity index (χ0v) is 14.8. The molecular weight excluding hydrogens is 278 g/mol. The second-order valence-electron chi connectivity index (χ2n) is 6.85. The SMILES string of the molecule is CCCCCCCCC(=O)OCC1CC(CCN(C)C)CO1. The van der Waals surface area contributed by atoms with Crippen LogP contribution in [-0.4, -0.2) is 50.8 Å². The smallest absolute Gasteiger partial charge is 0.305 e. The van der Waals surface area contributed by atoms with Crippen LogP contribution < -0.4 is 0 Å². The van der Waals surface area contributed by atoms with Crippen molar-refractivity contribution in [1.29, 1.82) is 0 Å².